The van der Waals surface area contributed by atoms with E-state index in [0.717, 1.165) is 0 Å². The number of hydrogen-bond donors (Lipinski definition) is 1. The summed E-state index contributed by atoms with van der Waals surface area (Å²) in [7, 11) is -5.87. The minimum absolute atomic E-state index is 0.0370. The van der Waals surface area contributed by atoms with Crippen molar-refractivity contribution in [3.8, 4) is 5.75 Å². The summed E-state index contributed by atoms with van der Waals surface area (Å²) in [6, 6.07) is 13.9. The van der Waals surface area contributed by atoms with Gasteiger partial charge < -0.3 is 4.74 Å². The fourth-order valence-corrected chi connectivity index (χ4v) is 5.97. The standard InChI is InChI=1S/C29H31NO7S2/c1-37-24-17-19-25(20-18-24)38(33,34)22-10-9-14-27-23(16-21-28(27)31)11-5-2-3-8-15-29(32)30-39(35,36)26-12-6-4-7-13-26/h2,4-7,9-10,12-14,16-21,23H,3,8,11,15,22H2,1H3,(H,30,32)/b5-2-,10-9+,27-14+/t23-/m0/s1. The van der Waals surface area contributed by atoms with Gasteiger partial charge in [0.2, 0.25) is 5.91 Å². The minimum atomic E-state index is -3.87. The number of sulfone groups is 1. The molecule has 8 nitrogen and oxygen atoms in total. The maximum atomic E-state index is 12.5. The molecule has 10 heteroatoms. The van der Waals surface area contributed by atoms with E-state index in [9.17, 15) is 26.4 Å². The molecule has 0 aromatic heterocycles. The second-order valence-corrected chi connectivity index (χ2v) is 12.5. The molecule has 2 aromatic rings. The first kappa shape index (κ1) is 29.8. The van der Waals surface area contributed by atoms with Crippen LogP contribution >= 0.6 is 0 Å². The van der Waals surface area contributed by atoms with Crippen LogP contribution in [-0.2, 0) is 29.4 Å². The summed E-state index contributed by atoms with van der Waals surface area (Å²) in [5.74, 6) is -0.442. The third-order valence-corrected chi connectivity index (χ3v) is 8.95. The number of methoxy groups -OCH3 is 1. The number of nitrogens with one attached hydrogen (secondary N) is 1. The Morgan fingerprint density at radius 2 is 1.67 bits per heavy atom. The number of ketones is 1. The third kappa shape index (κ3) is 8.90. The van der Waals surface area contributed by atoms with Crippen molar-refractivity contribution in [2.24, 2.45) is 5.92 Å². The summed E-state index contributed by atoms with van der Waals surface area (Å²) in [6.07, 6.45) is 13.5. The summed E-state index contributed by atoms with van der Waals surface area (Å²) in [6.45, 7) is 0. The van der Waals surface area contributed by atoms with Crippen LogP contribution in [0.5, 0.6) is 5.75 Å². The Hall–Kier alpha value is -3.76. The second kappa shape index (κ2) is 13.9. The van der Waals surface area contributed by atoms with Crippen LogP contribution in [0.3, 0.4) is 0 Å². The molecule has 1 atom stereocenters. The highest BCUT2D eigenvalue weighted by Gasteiger charge is 2.21. The van der Waals surface area contributed by atoms with Crippen molar-refractivity contribution < 1.29 is 31.2 Å². The number of hydrogen-bond acceptors (Lipinski definition) is 7. The molecule has 2 aromatic carbocycles. The van der Waals surface area contributed by atoms with Gasteiger partial charge in [0.15, 0.2) is 15.6 Å². The van der Waals surface area contributed by atoms with Gasteiger partial charge >= 0.3 is 0 Å². The highest BCUT2D eigenvalue weighted by atomic mass is 32.2. The van der Waals surface area contributed by atoms with Gasteiger partial charge in [-0.2, -0.15) is 0 Å². The number of carbonyl (C=O) groups is 2. The average molecular weight is 570 g/mol. The second-order valence-electron chi connectivity index (χ2n) is 8.78. The summed E-state index contributed by atoms with van der Waals surface area (Å²) in [5.41, 5.74) is 0.572. The monoisotopic (exact) mass is 569 g/mol. The van der Waals surface area contributed by atoms with Gasteiger partial charge in [0, 0.05) is 17.9 Å². The van der Waals surface area contributed by atoms with Crippen LogP contribution in [0.4, 0.5) is 0 Å². The number of rotatable bonds is 13. The van der Waals surface area contributed by atoms with E-state index in [1.54, 1.807) is 42.5 Å². The Bertz CT molecular complexity index is 1490. The van der Waals surface area contributed by atoms with E-state index >= 15 is 0 Å². The Morgan fingerprint density at radius 1 is 0.949 bits per heavy atom. The molecule has 0 bridgehead atoms. The molecule has 39 heavy (non-hydrogen) atoms. The maximum absolute atomic E-state index is 12.5. The Kier molecular flexibility index (Phi) is 10.6. The topological polar surface area (TPSA) is 124 Å². The molecule has 1 amide bonds. The molecule has 0 unspecified atom stereocenters. The number of unbranched alkanes of at least 4 members (excludes halogenated alkanes) is 1. The first-order chi connectivity index (χ1) is 18.6. The Balaban J connectivity index is 1.44. The Morgan fingerprint density at radius 3 is 2.36 bits per heavy atom. The van der Waals surface area contributed by atoms with Gasteiger partial charge in [-0.1, -0.05) is 54.7 Å². The molecule has 0 heterocycles. The molecular weight excluding hydrogens is 538 g/mol. The van der Waals surface area contributed by atoms with Crippen molar-refractivity contribution >= 4 is 31.6 Å². The predicted molar refractivity (Wildman–Crippen MR) is 149 cm³/mol. The van der Waals surface area contributed by atoms with Gasteiger partial charge in [0.1, 0.15) is 5.75 Å². The van der Waals surface area contributed by atoms with Crippen molar-refractivity contribution in [3.63, 3.8) is 0 Å². The van der Waals surface area contributed by atoms with Crippen LogP contribution in [0.25, 0.3) is 0 Å². The fraction of sp³-hybridized carbons (Fsp3) is 0.241. The zero-order valence-electron chi connectivity index (χ0n) is 21.5. The van der Waals surface area contributed by atoms with E-state index in [-0.39, 0.29) is 33.7 Å². The van der Waals surface area contributed by atoms with Crippen molar-refractivity contribution in [2.45, 2.75) is 35.5 Å². The number of allylic oxidation sites excluding steroid dienone is 7. The van der Waals surface area contributed by atoms with Crippen LogP contribution in [0, 0.1) is 5.92 Å². The van der Waals surface area contributed by atoms with E-state index in [4.69, 9.17) is 4.74 Å². The number of sulfonamides is 1. The van der Waals surface area contributed by atoms with Gasteiger partial charge in [-0.15, -0.1) is 0 Å². The van der Waals surface area contributed by atoms with E-state index in [1.807, 2.05) is 18.2 Å². The van der Waals surface area contributed by atoms with Gasteiger partial charge in [0.25, 0.3) is 10.0 Å². The molecule has 206 valence electrons. The molecule has 0 aliphatic heterocycles. The molecule has 0 fully saturated rings. The fourth-order valence-electron chi connectivity index (χ4n) is 3.83. The van der Waals surface area contributed by atoms with E-state index in [0.29, 0.717) is 30.6 Å². The third-order valence-electron chi connectivity index (χ3n) is 5.94. The predicted octanol–water partition coefficient (Wildman–Crippen LogP) is 4.33. The zero-order valence-corrected chi connectivity index (χ0v) is 23.2. The lowest BCUT2D eigenvalue weighted by Gasteiger charge is -2.07. The lowest BCUT2D eigenvalue weighted by molar-refractivity contribution is -0.119. The summed E-state index contributed by atoms with van der Waals surface area (Å²) < 4.78 is 56.5. The van der Waals surface area contributed by atoms with Gasteiger partial charge in [-0.05, 0) is 61.7 Å². The number of carbonyl (C=O) groups excluding carboxylic acids is 2. The molecule has 3 rings (SSSR count). The van der Waals surface area contributed by atoms with Gasteiger partial charge in [-0.25, -0.2) is 21.6 Å². The van der Waals surface area contributed by atoms with E-state index in [2.05, 4.69) is 4.72 Å². The number of ether oxygens (including phenoxy) is 1. The maximum Gasteiger partial charge on any atom is 0.264 e. The largest absolute Gasteiger partial charge is 0.497 e. The normalized spacial score (nSPS) is 16.9. The SMILES string of the molecule is COc1ccc(S(=O)(=O)C/C=C/C=C2/C(=O)C=C[C@@H]2C/C=C\CCCC(=O)NS(=O)(=O)c2ccccc2)cc1. The van der Waals surface area contributed by atoms with Crippen LogP contribution < -0.4 is 9.46 Å². The molecule has 1 N–H and O–H groups in total. The minimum Gasteiger partial charge on any atom is -0.497 e. The van der Waals surface area contributed by atoms with Crippen LogP contribution in [0.15, 0.2) is 112 Å². The van der Waals surface area contributed by atoms with Crippen LogP contribution in [0.2, 0.25) is 0 Å². The van der Waals surface area contributed by atoms with Crippen molar-refractivity contribution in [1.82, 2.24) is 4.72 Å². The molecule has 0 spiro atoms. The van der Waals surface area contributed by atoms with Crippen molar-refractivity contribution in [2.75, 3.05) is 12.9 Å². The van der Waals surface area contributed by atoms with Crippen LogP contribution in [-0.4, -0.2) is 41.4 Å². The average Bonchev–Trinajstić information content (AvgIpc) is 3.27. The van der Waals surface area contributed by atoms with E-state index in [1.165, 1.54) is 43.5 Å². The molecular formula is C29H31NO7S2. The van der Waals surface area contributed by atoms with Gasteiger partial charge in [0.05, 0.1) is 22.7 Å². The summed E-state index contributed by atoms with van der Waals surface area (Å²) in [5, 5.41) is 0. The van der Waals surface area contributed by atoms with Crippen LogP contribution in [0.1, 0.15) is 25.7 Å². The first-order valence-corrected chi connectivity index (χ1v) is 15.5. The summed E-state index contributed by atoms with van der Waals surface area (Å²) in [4.78, 5) is 24.5. The molecule has 0 saturated heterocycles. The zero-order chi connectivity index (χ0) is 28.3. The van der Waals surface area contributed by atoms with Crippen molar-refractivity contribution in [1.29, 1.82) is 0 Å². The Labute approximate surface area is 229 Å². The molecule has 0 radical (unpaired) electrons. The smallest absolute Gasteiger partial charge is 0.264 e. The molecule has 0 saturated carbocycles. The lowest BCUT2D eigenvalue weighted by Crippen LogP contribution is -2.30. The van der Waals surface area contributed by atoms with E-state index < -0.39 is 25.8 Å². The number of amides is 1. The highest BCUT2D eigenvalue weighted by Crippen LogP contribution is 2.25. The number of benzene rings is 2. The first-order valence-electron chi connectivity index (χ1n) is 12.3. The summed E-state index contributed by atoms with van der Waals surface area (Å²) >= 11 is 0. The molecule has 1 aliphatic carbocycles. The lowest BCUT2D eigenvalue weighted by atomic mass is 9.97. The molecule has 1 aliphatic rings. The van der Waals surface area contributed by atoms with Gasteiger partial charge in [-0.3, -0.25) is 9.59 Å². The highest BCUT2D eigenvalue weighted by molar-refractivity contribution is 7.91. The van der Waals surface area contributed by atoms with Crippen molar-refractivity contribution in [3.05, 3.63) is 103 Å². The quantitative estimate of drug-likeness (QED) is 0.216.